The highest BCUT2D eigenvalue weighted by atomic mass is 19.1. The number of benzene rings is 1. The molecule has 0 spiro atoms. The molecule has 0 radical (unpaired) electrons. The molecule has 0 atom stereocenters. The van der Waals surface area contributed by atoms with Crippen LogP contribution in [0.4, 0.5) is 10.2 Å². The van der Waals surface area contributed by atoms with Gasteiger partial charge in [0, 0.05) is 12.0 Å². The molecule has 1 heterocycles. The zero-order chi connectivity index (χ0) is 13.1. The Morgan fingerprint density at radius 3 is 2.83 bits per heavy atom. The Hall–Kier alpha value is -2.37. The van der Waals surface area contributed by atoms with E-state index in [4.69, 9.17) is 10.8 Å². The number of aliphatic carboxylic acids is 1. The van der Waals surface area contributed by atoms with Gasteiger partial charge in [-0.1, -0.05) is 12.1 Å². The maximum Gasteiger partial charge on any atom is 0.303 e. The summed E-state index contributed by atoms with van der Waals surface area (Å²) in [6.45, 7) is 0. The number of hydrogen-bond acceptors (Lipinski definition) is 3. The van der Waals surface area contributed by atoms with Crippen molar-refractivity contribution in [2.24, 2.45) is 0 Å². The number of aryl methyl sites for hydroxylation is 1. The molecule has 0 aliphatic rings. The molecule has 1 aromatic carbocycles. The molecule has 18 heavy (non-hydrogen) atoms. The normalized spacial score (nSPS) is 10.5. The summed E-state index contributed by atoms with van der Waals surface area (Å²) in [6.07, 6.45) is 1.70. The molecule has 0 saturated carbocycles. The molecule has 5 nitrogen and oxygen atoms in total. The lowest BCUT2D eigenvalue weighted by Gasteiger charge is -2.05. The molecule has 2 rings (SSSR count). The predicted molar refractivity (Wildman–Crippen MR) is 63.9 cm³/mol. The minimum Gasteiger partial charge on any atom is -0.481 e. The van der Waals surface area contributed by atoms with Crippen molar-refractivity contribution in [3.05, 3.63) is 41.8 Å². The van der Waals surface area contributed by atoms with E-state index in [1.54, 1.807) is 18.2 Å². The van der Waals surface area contributed by atoms with Crippen molar-refractivity contribution in [1.82, 2.24) is 9.78 Å². The van der Waals surface area contributed by atoms with E-state index in [1.807, 2.05) is 0 Å². The third-order valence-electron chi connectivity index (χ3n) is 2.58. The van der Waals surface area contributed by atoms with Crippen molar-refractivity contribution in [3.8, 4) is 5.69 Å². The summed E-state index contributed by atoms with van der Waals surface area (Å²) in [4.78, 5) is 10.5. The number of carbonyl (C=O) groups is 1. The van der Waals surface area contributed by atoms with E-state index in [9.17, 15) is 9.18 Å². The molecular weight excluding hydrogens is 237 g/mol. The summed E-state index contributed by atoms with van der Waals surface area (Å²) in [7, 11) is 0. The number of anilines is 1. The van der Waals surface area contributed by atoms with Gasteiger partial charge in [-0.2, -0.15) is 5.10 Å². The molecular formula is C12H12FN3O2. The Morgan fingerprint density at radius 2 is 2.17 bits per heavy atom. The highest BCUT2D eigenvalue weighted by Gasteiger charge is 2.12. The summed E-state index contributed by atoms with van der Waals surface area (Å²) in [5, 5.41) is 12.6. The van der Waals surface area contributed by atoms with E-state index in [0.717, 1.165) is 0 Å². The number of hydrogen-bond donors (Lipinski definition) is 2. The SMILES string of the molecule is Nc1c(CCC(=O)O)cnn1-c1ccccc1F. The van der Waals surface area contributed by atoms with Crippen LogP contribution in [0.15, 0.2) is 30.5 Å². The molecule has 2 aromatic rings. The largest absolute Gasteiger partial charge is 0.481 e. The van der Waals surface area contributed by atoms with Crippen LogP contribution in [0.1, 0.15) is 12.0 Å². The van der Waals surface area contributed by atoms with Crippen LogP contribution < -0.4 is 5.73 Å². The average molecular weight is 249 g/mol. The second kappa shape index (κ2) is 4.87. The average Bonchev–Trinajstić information content (AvgIpc) is 2.69. The number of aromatic nitrogens is 2. The lowest BCUT2D eigenvalue weighted by molar-refractivity contribution is -0.136. The first-order chi connectivity index (χ1) is 8.59. The Kier molecular flexibility index (Phi) is 3.27. The van der Waals surface area contributed by atoms with E-state index < -0.39 is 11.8 Å². The Bertz CT molecular complexity index is 580. The first kappa shape index (κ1) is 12.1. The molecule has 0 bridgehead atoms. The van der Waals surface area contributed by atoms with E-state index in [-0.39, 0.29) is 24.3 Å². The number of para-hydroxylation sites is 1. The Labute approximate surface area is 103 Å². The molecule has 0 amide bonds. The van der Waals surface area contributed by atoms with Crippen molar-refractivity contribution in [1.29, 1.82) is 0 Å². The number of rotatable bonds is 4. The topological polar surface area (TPSA) is 81.1 Å². The summed E-state index contributed by atoms with van der Waals surface area (Å²) in [5.41, 5.74) is 6.68. The van der Waals surface area contributed by atoms with Crippen LogP contribution in [-0.2, 0) is 11.2 Å². The summed E-state index contributed by atoms with van der Waals surface area (Å²) < 4.78 is 14.8. The van der Waals surface area contributed by atoms with Crippen molar-refractivity contribution < 1.29 is 14.3 Å². The maximum atomic E-state index is 13.6. The van der Waals surface area contributed by atoms with Crippen molar-refractivity contribution in [2.75, 3.05) is 5.73 Å². The number of carboxylic acid groups (broad SMARTS) is 1. The van der Waals surface area contributed by atoms with Crippen LogP contribution in [0.2, 0.25) is 0 Å². The number of halogens is 1. The monoisotopic (exact) mass is 249 g/mol. The molecule has 6 heteroatoms. The zero-order valence-corrected chi connectivity index (χ0v) is 9.51. The Morgan fingerprint density at radius 1 is 1.44 bits per heavy atom. The lowest BCUT2D eigenvalue weighted by Crippen LogP contribution is -2.05. The minimum atomic E-state index is -0.909. The minimum absolute atomic E-state index is 0.0346. The zero-order valence-electron chi connectivity index (χ0n) is 9.51. The first-order valence-corrected chi connectivity index (χ1v) is 5.38. The molecule has 0 aliphatic heterocycles. The van der Waals surface area contributed by atoms with Crippen LogP contribution >= 0.6 is 0 Å². The maximum absolute atomic E-state index is 13.6. The van der Waals surface area contributed by atoms with Crippen molar-refractivity contribution >= 4 is 11.8 Å². The second-order valence-electron chi connectivity index (χ2n) is 3.81. The Balaban J connectivity index is 2.31. The van der Waals surface area contributed by atoms with E-state index in [1.165, 1.54) is 16.9 Å². The summed E-state index contributed by atoms with van der Waals surface area (Å²) in [5.74, 6) is -1.08. The smallest absolute Gasteiger partial charge is 0.303 e. The van der Waals surface area contributed by atoms with E-state index in [2.05, 4.69) is 5.10 Å². The fourth-order valence-corrected chi connectivity index (χ4v) is 1.64. The quantitative estimate of drug-likeness (QED) is 0.862. The van der Waals surface area contributed by atoms with Gasteiger partial charge in [0.15, 0.2) is 0 Å². The van der Waals surface area contributed by atoms with Crippen molar-refractivity contribution in [3.63, 3.8) is 0 Å². The van der Waals surface area contributed by atoms with Gasteiger partial charge in [0.1, 0.15) is 17.3 Å². The molecule has 94 valence electrons. The van der Waals surface area contributed by atoms with Crippen LogP contribution in [-0.4, -0.2) is 20.9 Å². The predicted octanol–water partition coefficient (Wildman–Crippen LogP) is 1.61. The van der Waals surface area contributed by atoms with Gasteiger partial charge in [-0.25, -0.2) is 9.07 Å². The third kappa shape index (κ3) is 2.32. The number of nitrogens with two attached hydrogens (primary N) is 1. The highest BCUT2D eigenvalue weighted by molar-refractivity contribution is 5.67. The lowest BCUT2D eigenvalue weighted by atomic mass is 10.2. The van der Waals surface area contributed by atoms with Crippen LogP contribution in [0.5, 0.6) is 0 Å². The second-order valence-corrected chi connectivity index (χ2v) is 3.81. The number of nitrogens with zero attached hydrogens (tertiary/aromatic N) is 2. The first-order valence-electron chi connectivity index (χ1n) is 5.38. The van der Waals surface area contributed by atoms with Gasteiger partial charge in [-0.15, -0.1) is 0 Å². The molecule has 1 aromatic heterocycles. The van der Waals surface area contributed by atoms with Gasteiger partial charge in [-0.05, 0) is 18.6 Å². The molecule has 0 aliphatic carbocycles. The standard InChI is InChI=1S/C12H12FN3O2/c13-9-3-1-2-4-10(9)16-12(14)8(7-15-16)5-6-11(17)18/h1-4,7H,5-6,14H2,(H,17,18). The van der Waals surface area contributed by atoms with Gasteiger partial charge < -0.3 is 10.8 Å². The molecule has 0 fully saturated rings. The highest BCUT2D eigenvalue weighted by Crippen LogP contribution is 2.20. The fourth-order valence-electron chi connectivity index (χ4n) is 1.64. The van der Waals surface area contributed by atoms with Crippen molar-refractivity contribution in [2.45, 2.75) is 12.8 Å². The fraction of sp³-hybridized carbons (Fsp3) is 0.167. The van der Waals surface area contributed by atoms with E-state index >= 15 is 0 Å². The van der Waals surface area contributed by atoms with Crippen LogP contribution in [0.3, 0.4) is 0 Å². The summed E-state index contributed by atoms with van der Waals surface area (Å²) >= 11 is 0. The number of carboxylic acids is 1. The van der Waals surface area contributed by atoms with E-state index in [0.29, 0.717) is 5.56 Å². The van der Waals surface area contributed by atoms with Gasteiger partial charge in [0.2, 0.25) is 0 Å². The molecule has 3 N–H and O–H groups in total. The van der Waals surface area contributed by atoms with Gasteiger partial charge >= 0.3 is 5.97 Å². The summed E-state index contributed by atoms with van der Waals surface area (Å²) in [6, 6.07) is 6.12. The number of nitrogen functional groups attached to an aromatic ring is 1. The third-order valence-corrected chi connectivity index (χ3v) is 2.58. The molecule has 0 saturated heterocycles. The van der Waals surface area contributed by atoms with Gasteiger partial charge in [-0.3, -0.25) is 4.79 Å². The van der Waals surface area contributed by atoms with Crippen LogP contribution in [0.25, 0.3) is 5.69 Å². The van der Waals surface area contributed by atoms with Crippen LogP contribution in [0, 0.1) is 5.82 Å². The molecule has 0 unspecified atom stereocenters. The van der Waals surface area contributed by atoms with Gasteiger partial charge in [0.05, 0.1) is 6.20 Å². The van der Waals surface area contributed by atoms with Gasteiger partial charge in [0.25, 0.3) is 0 Å².